The topological polar surface area (TPSA) is 15.6 Å². The lowest BCUT2D eigenvalue weighted by atomic mass is 10.1. The molecule has 0 saturated carbocycles. The van der Waals surface area contributed by atoms with Gasteiger partial charge < -0.3 is 0 Å². The molecule has 1 fully saturated rings. The molecule has 0 atom stereocenters. The van der Waals surface area contributed by atoms with Gasteiger partial charge in [-0.2, -0.15) is 0 Å². The zero-order valence-electron chi connectivity index (χ0n) is 11.7. The Kier molecular flexibility index (Phi) is 4.24. The van der Waals surface area contributed by atoms with Crippen LogP contribution in [0, 0.1) is 0 Å². The number of nitrogens with zero attached hydrogens (tertiary/aromatic N) is 2. The number of aliphatic imine (C=N–C) groups is 1. The van der Waals surface area contributed by atoms with Gasteiger partial charge in [-0.15, -0.1) is 0 Å². The van der Waals surface area contributed by atoms with E-state index in [1.54, 1.807) is 0 Å². The second kappa shape index (κ2) is 6.49. The molecule has 0 radical (unpaired) electrons. The Morgan fingerprint density at radius 2 is 1.40 bits per heavy atom. The van der Waals surface area contributed by atoms with E-state index in [4.69, 9.17) is 4.99 Å². The van der Waals surface area contributed by atoms with E-state index in [1.165, 1.54) is 11.3 Å². The Labute approximate surface area is 120 Å². The Morgan fingerprint density at radius 1 is 0.800 bits per heavy atom. The highest BCUT2D eigenvalue weighted by Crippen LogP contribution is 2.16. The van der Waals surface area contributed by atoms with Crippen molar-refractivity contribution in [2.45, 2.75) is 19.4 Å². The van der Waals surface area contributed by atoms with Gasteiger partial charge in [0.05, 0.1) is 5.69 Å². The standard InChI is InChI=1S/C18H20N2/c1-3-7-16(8-4-1)15-20-13-11-18(12-14-20)19-17-9-5-2-6-10-17/h1-10H,11-15H2. The van der Waals surface area contributed by atoms with Crippen molar-refractivity contribution in [3.8, 4) is 0 Å². The van der Waals surface area contributed by atoms with Crippen LogP contribution in [0.15, 0.2) is 65.7 Å². The third-order valence-electron chi connectivity index (χ3n) is 3.73. The fourth-order valence-electron chi connectivity index (χ4n) is 2.61. The summed E-state index contributed by atoms with van der Waals surface area (Å²) in [5.74, 6) is 0. The predicted molar refractivity (Wildman–Crippen MR) is 84.5 cm³/mol. The van der Waals surface area contributed by atoms with Crippen LogP contribution in [0.4, 0.5) is 5.69 Å². The summed E-state index contributed by atoms with van der Waals surface area (Å²) in [5, 5.41) is 0. The van der Waals surface area contributed by atoms with Crippen LogP contribution in [-0.4, -0.2) is 23.7 Å². The maximum Gasteiger partial charge on any atom is 0.0629 e. The zero-order chi connectivity index (χ0) is 13.6. The molecule has 0 N–H and O–H groups in total. The molecule has 1 heterocycles. The highest BCUT2D eigenvalue weighted by molar-refractivity contribution is 5.87. The van der Waals surface area contributed by atoms with Gasteiger partial charge in [-0.25, -0.2) is 0 Å². The average molecular weight is 264 g/mol. The van der Waals surface area contributed by atoms with Crippen molar-refractivity contribution in [3.63, 3.8) is 0 Å². The van der Waals surface area contributed by atoms with E-state index in [2.05, 4.69) is 47.4 Å². The first-order chi connectivity index (χ1) is 9.90. The Morgan fingerprint density at radius 3 is 2.05 bits per heavy atom. The summed E-state index contributed by atoms with van der Waals surface area (Å²) in [6.07, 6.45) is 2.17. The lowest BCUT2D eigenvalue weighted by Gasteiger charge is -2.27. The first-order valence-electron chi connectivity index (χ1n) is 7.28. The average Bonchev–Trinajstić information content (AvgIpc) is 2.51. The lowest BCUT2D eigenvalue weighted by molar-refractivity contribution is 0.266. The van der Waals surface area contributed by atoms with Gasteiger partial charge in [0.1, 0.15) is 0 Å². The first-order valence-corrected chi connectivity index (χ1v) is 7.28. The molecule has 20 heavy (non-hydrogen) atoms. The number of hydrogen-bond donors (Lipinski definition) is 0. The summed E-state index contributed by atoms with van der Waals surface area (Å²) in [6.45, 7) is 3.28. The third kappa shape index (κ3) is 3.55. The van der Waals surface area contributed by atoms with E-state index in [9.17, 15) is 0 Å². The Balaban J connectivity index is 1.56. The molecule has 3 rings (SSSR count). The normalized spacial score (nSPS) is 16.1. The number of likely N-dealkylation sites (tertiary alicyclic amines) is 1. The second-order valence-electron chi connectivity index (χ2n) is 5.28. The van der Waals surface area contributed by atoms with Gasteiger partial charge in [-0.1, -0.05) is 48.5 Å². The van der Waals surface area contributed by atoms with Gasteiger partial charge in [0.15, 0.2) is 0 Å². The summed E-state index contributed by atoms with van der Waals surface area (Å²) in [6, 6.07) is 21.0. The molecule has 0 bridgehead atoms. The molecule has 0 spiro atoms. The molecular weight excluding hydrogens is 244 g/mol. The van der Waals surface area contributed by atoms with E-state index < -0.39 is 0 Å². The largest absolute Gasteiger partial charge is 0.298 e. The van der Waals surface area contributed by atoms with Crippen molar-refractivity contribution < 1.29 is 0 Å². The van der Waals surface area contributed by atoms with Crippen LogP contribution >= 0.6 is 0 Å². The molecule has 1 aliphatic rings. The minimum Gasteiger partial charge on any atom is -0.298 e. The number of piperidine rings is 1. The predicted octanol–water partition coefficient (Wildman–Crippen LogP) is 4.06. The van der Waals surface area contributed by atoms with Crippen LogP contribution in [0.3, 0.4) is 0 Å². The summed E-state index contributed by atoms with van der Waals surface area (Å²) in [5.41, 5.74) is 3.82. The van der Waals surface area contributed by atoms with Crippen molar-refractivity contribution in [1.82, 2.24) is 4.90 Å². The van der Waals surface area contributed by atoms with Gasteiger partial charge in [-0.05, 0) is 30.5 Å². The van der Waals surface area contributed by atoms with Crippen molar-refractivity contribution >= 4 is 11.4 Å². The van der Waals surface area contributed by atoms with E-state index >= 15 is 0 Å². The van der Waals surface area contributed by atoms with Crippen LogP contribution in [0.2, 0.25) is 0 Å². The quantitative estimate of drug-likeness (QED) is 0.816. The van der Waals surface area contributed by atoms with E-state index in [0.717, 1.165) is 38.2 Å². The Bertz CT molecular complexity index is 550. The van der Waals surface area contributed by atoms with Crippen molar-refractivity contribution in [2.75, 3.05) is 13.1 Å². The van der Waals surface area contributed by atoms with Gasteiger partial charge in [0.2, 0.25) is 0 Å². The molecular formula is C18H20N2. The molecule has 0 amide bonds. The molecule has 0 aromatic heterocycles. The Hall–Kier alpha value is -1.93. The van der Waals surface area contributed by atoms with Crippen LogP contribution in [0.1, 0.15) is 18.4 Å². The summed E-state index contributed by atoms with van der Waals surface area (Å²) in [4.78, 5) is 7.26. The summed E-state index contributed by atoms with van der Waals surface area (Å²) in [7, 11) is 0. The highest BCUT2D eigenvalue weighted by atomic mass is 15.1. The number of benzene rings is 2. The van der Waals surface area contributed by atoms with E-state index in [-0.39, 0.29) is 0 Å². The van der Waals surface area contributed by atoms with Crippen molar-refractivity contribution in [2.24, 2.45) is 4.99 Å². The van der Waals surface area contributed by atoms with Gasteiger partial charge in [-0.3, -0.25) is 9.89 Å². The van der Waals surface area contributed by atoms with Crippen molar-refractivity contribution in [3.05, 3.63) is 66.2 Å². The third-order valence-corrected chi connectivity index (χ3v) is 3.73. The van der Waals surface area contributed by atoms with Gasteiger partial charge in [0.25, 0.3) is 0 Å². The van der Waals surface area contributed by atoms with E-state index in [0.29, 0.717) is 0 Å². The first kappa shape index (κ1) is 13.1. The zero-order valence-corrected chi connectivity index (χ0v) is 11.7. The molecule has 1 saturated heterocycles. The summed E-state index contributed by atoms with van der Waals surface area (Å²) < 4.78 is 0. The van der Waals surface area contributed by atoms with Crippen molar-refractivity contribution in [1.29, 1.82) is 0 Å². The van der Waals surface area contributed by atoms with Crippen LogP contribution in [0.5, 0.6) is 0 Å². The minimum absolute atomic E-state index is 1.06. The summed E-state index contributed by atoms with van der Waals surface area (Å²) >= 11 is 0. The smallest absolute Gasteiger partial charge is 0.0629 e. The maximum atomic E-state index is 4.75. The molecule has 1 aliphatic heterocycles. The minimum atomic E-state index is 1.06. The number of para-hydroxylation sites is 1. The second-order valence-corrected chi connectivity index (χ2v) is 5.28. The fourth-order valence-corrected chi connectivity index (χ4v) is 2.61. The SMILES string of the molecule is c1ccc(CN2CCC(=Nc3ccccc3)CC2)cc1. The highest BCUT2D eigenvalue weighted by Gasteiger charge is 2.14. The van der Waals surface area contributed by atoms with Gasteiger partial charge >= 0.3 is 0 Å². The molecule has 0 unspecified atom stereocenters. The molecule has 102 valence electrons. The number of hydrogen-bond acceptors (Lipinski definition) is 2. The van der Waals surface area contributed by atoms with Crippen LogP contribution in [0.25, 0.3) is 0 Å². The van der Waals surface area contributed by atoms with Crippen LogP contribution in [-0.2, 0) is 6.54 Å². The fraction of sp³-hybridized carbons (Fsp3) is 0.278. The van der Waals surface area contributed by atoms with Crippen LogP contribution < -0.4 is 0 Å². The monoisotopic (exact) mass is 264 g/mol. The lowest BCUT2D eigenvalue weighted by Crippen LogP contribution is -2.33. The van der Waals surface area contributed by atoms with Gasteiger partial charge in [0, 0.05) is 25.3 Å². The van der Waals surface area contributed by atoms with E-state index in [1.807, 2.05) is 18.2 Å². The number of rotatable bonds is 3. The maximum absolute atomic E-state index is 4.75. The molecule has 2 nitrogen and oxygen atoms in total. The molecule has 2 aromatic rings. The molecule has 2 heteroatoms. The molecule has 2 aromatic carbocycles. The molecule has 0 aliphatic carbocycles.